The first-order valence-electron chi connectivity index (χ1n) is 7.77. The molecule has 0 aliphatic carbocycles. The molecule has 0 fully saturated rings. The van der Waals surface area contributed by atoms with Gasteiger partial charge in [-0.05, 0) is 30.3 Å². The molecule has 2 heterocycles. The maximum absolute atomic E-state index is 12.5. The molecule has 0 bridgehead atoms. The fourth-order valence-corrected chi connectivity index (χ4v) is 3.65. The van der Waals surface area contributed by atoms with E-state index in [1.165, 1.54) is 24.3 Å². The van der Waals surface area contributed by atoms with Gasteiger partial charge in [0.05, 0.1) is 5.56 Å². The molecule has 0 saturated carbocycles. The van der Waals surface area contributed by atoms with Crippen molar-refractivity contribution in [3.05, 3.63) is 82.9 Å². The van der Waals surface area contributed by atoms with Crippen LogP contribution >= 0.6 is 0 Å². The summed E-state index contributed by atoms with van der Waals surface area (Å²) in [4.78, 5) is 12.5. The summed E-state index contributed by atoms with van der Waals surface area (Å²) in [6.07, 6.45) is 0. The van der Waals surface area contributed by atoms with Gasteiger partial charge in [0.25, 0.3) is 0 Å². The van der Waals surface area contributed by atoms with E-state index in [1.807, 2.05) is 12.1 Å². The van der Waals surface area contributed by atoms with Gasteiger partial charge >= 0.3 is 109 Å². The van der Waals surface area contributed by atoms with E-state index in [4.69, 9.17) is 9.47 Å². The van der Waals surface area contributed by atoms with Gasteiger partial charge in [-0.15, -0.1) is 0 Å². The Hall–Kier alpha value is -0.197. The molecule has 0 radical (unpaired) electrons. The summed E-state index contributed by atoms with van der Waals surface area (Å²) in [5.74, 6) is 0.408. The van der Waals surface area contributed by atoms with Crippen molar-refractivity contribution < 1.29 is 24.5 Å². The molecule has 0 atom stereocenters. The summed E-state index contributed by atoms with van der Waals surface area (Å²) in [7, 11) is 0. The Labute approximate surface area is 240 Å². The van der Waals surface area contributed by atoms with Gasteiger partial charge in [0.15, 0.2) is 5.60 Å². The van der Waals surface area contributed by atoms with E-state index in [1.54, 1.807) is 24.3 Å². The van der Waals surface area contributed by atoms with Gasteiger partial charge in [0.2, 0.25) is 0 Å². The Morgan fingerprint density at radius 3 is 1.89 bits per heavy atom. The van der Waals surface area contributed by atoms with E-state index in [9.17, 15) is 15.0 Å². The first-order valence-corrected chi connectivity index (χ1v) is 7.77. The Balaban J connectivity index is 0.00000105. The summed E-state index contributed by atoms with van der Waals surface area (Å²) in [6.45, 7) is 0. The second-order valence-electron chi connectivity index (χ2n) is 6.08. The van der Waals surface area contributed by atoms with Crippen LogP contribution in [-0.2, 0) is 10.3 Å². The van der Waals surface area contributed by atoms with Gasteiger partial charge in [0, 0.05) is 28.8 Å². The fraction of sp³-hybridized carbons (Fsp3) is 0.0500. The van der Waals surface area contributed by atoms with Crippen molar-refractivity contribution in [2.24, 2.45) is 0 Å². The molecule has 0 saturated heterocycles. The third kappa shape index (κ3) is 3.18. The number of fused-ring (bicyclic) bond motifs is 6. The molecule has 7 heteroatoms. The van der Waals surface area contributed by atoms with Crippen LogP contribution in [0.25, 0.3) is 0 Å². The van der Waals surface area contributed by atoms with E-state index in [2.05, 4.69) is 0 Å². The number of aromatic hydroxyl groups is 2. The van der Waals surface area contributed by atoms with E-state index in [-0.39, 0.29) is 114 Å². The number of rotatable bonds is 0. The molecule has 126 valence electrons. The number of phenols is 2. The van der Waals surface area contributed by atoms with Crippen LogP contribution in [0.15, 0.2) is 60.7 Å². The Kier molecular flexibility index (Phi) is 6.30. The predicted octanol–water partition coefficient (Wildman–Crippen LogP) is 2.37. The Bertz CT molecular complexity index is 1010. The van der Waals surface area contributed by atoms with Gasteiger partial charge in [-0.2, -0.15) is 0 Å². The molecule has 27 heavy (non-hydrogen) atoms. The fourth-order valence-electron chi connectivity index (χ4n) is 3.65. The van der Waals surface area contributed by atoms with Crippen molar-refractivity contribution in [2.75, 3.05) is 0 Å². The number of esters is 1. The molecule has 3 aromatic carbocycles. The van der Waals surface area contributed by atoms with Gasteiger partial charge in [0.1, 0.15) is 23.0 Å². The van der Waals surface area contributed by atoms with Gasteiger partial charge < -0.3 is 19.7 Å². The van der Waals surface area contributed by atoms with Crippen LogP contribution in [0.4, 0.5) is 0 Å². The average Bonchev–Trinajstić information content (AvgIpc) is 2.88. The van der Waals surface area contributed by atoms with Gasteiger partial charge in [-0.1, -0.05) is 18.2 Å². The molecule has 0 aromatic heterocycles. The van der Waals surface area contributed by atoms with Crippen LogP contribution in [0.5, 0.6) is 23.0 Å². The minimum absolute atomic E-state index is 0. The van der Waals surface area contributed by atoms with Gasteiger partial charge in [-0.3, -0.25) is 0 Å². The topological polar surface area (TPSA) is 76.0 Å². The zero-order chi connectivity index (χ0) is 17.2. The molecular formula is C20H14K2O5. The number of hydrogen-bond donors (Lipinski definition) is 2. The Morgan fingerprint density at radius 1 is 0.741 bits per heavy atom. The third-order valence-corrected chi connectivity index (χ3v) is 4.68. The summed E-state index contributed by atoms with van der Waals surface area (Å²) in [5, 5.41) is 19.7. The average molecular weight is 413 g/mol. The standard InChI is InChI=1S/C20H12O5.2K.2H/c21-11-5-7-15-17(9-11)24-18-10-12(22)6-8-16(18)20(15)14-4-2-1-3-13(14)19(23)25-20;;;;/h1-10,21-22H;;;;. The normalized spacial score (nSPS) is 14.6. The van der Waals surface area contributed by atoms with E-state index < -0.39 is 11.6 Å². The first-order chi connectivity index (χ1) is 12.1. The first kappa shape index (κ1) is 21.5. The Morgan fingerprint density at radius 2 is 1.30 bits per heavy atom. The minimum atomic E-state index is -1.17. The van der Waals surface area contributed by atoms with Crippen LogP contribution in [-0.4, -0.2) is 119 Å². The van der Waals surface area contributed by atoms with Crippen molar-refractivity contribution in [3.8, 4) is 23.0 Å². The molecule has 2 aliphatic rings. The number of hydrogen-bond acceptors (Lipinski definition) is 5. The monoisotopic (exact) mass is 412 g/mol. The van der Waals surface area contributed by atoms with Crippen molar-refractivity contribution in [2.45, 2.75) is 5.60 Å². The van der Waals surface area contributed by atoms with Crippen molar-refractivity contribution >= 4 is 109 Å². The second kappa shape index (κ2) is 7.91. The van der Waals surface area contributed by atoms with Crippen molar-refractivity contribution in [1.29, 1.82) is 0 Å². The summed E-state index contributed by atoms with van der Waals surface area (Å²) in [6, 6.07) is 16.6. The van der Waals surface area contributed by atoms with Crippen LogP contribution in [0, 0.1) is 0 Å². The molecule has 0 amide bonds. The molecule has 0 unspecified atom stereocenters. The maximum atomic E-state index is 12.5. The summed E-state index contributed by atoms with van der Waals surface area (Å²) >= 11 is 0. The van der Waals surface area contributed by atoms with Crippen LogP contribution in [0.2, 0.25) is 0 Å². The quantitative estimate of drug-likeness (QED) is 0.438. The molecule has 1 spiro atoms. The number of benzene rings is 3. The molecule has 2 N–H and O–H groups in total. The number of carbonyl (C=O) groups excluding carboxylic acids is 1. The van der Waals surface area contributed by atoms with Gasteiger partial charge in [-0.25, -0.2) is 4.79 Å². The summed E-state index contributed by atoms with van der Waals surface area (Å²) in [5.41, 5.74) is 1.28. The van der Waals surface area contributed by atoms with E-state index in [0.29, 0.717) is 33.8 Å². The molecular weight excluding hydrogens is 398 g/mol. The number of ether oxygens (including phenoxy) is 2. The van der Waals surface area contributed by atoms with Crippen LogP contribution in [0.3, 0.4) is 0 Å². The molecule has 2 aliphatic heterocycles. The van der Waals surface area contributed by atoms with Crippen molar-refractivity contribution in [3.63, 3.8) is 0 Å². The van der Waals surface area contributed by atoms with Crippen LogP contribution < -0.4 is 4.74 Å². The predicted molar refractivity (Wildman–Crippen MR) is 102 cm³/mol. The summed E-state index contributed by atoms with van der Waals surface area (Å²) < 4.78 is 11.8. The van der Waals surface area contributed by atoms with E-state index >= 15 is 0 Å². The second-order valence-corrected chi connectivity index (χ2v) is 6.08. The zero-order valence-electron chi connectivity index (χ0n) is 12.9. The van der Waals surface area contributed by atoms with Crippen molar-refractivity contribution in [1.82, 2.24) is 0 Å². The third-order valence-electron chi connectivity index (χ3n) is 4.68. The van der Waals surface area contributed by atoms with Crippen LogP contribution in [0.1, 0.15) is 27.0 Å². The molecule has 5 rings (SSSR count). The number of phenolic OH excluding ortho intramolecular Hbond substituents is 2. The SMILES string of the molecule is O=C1OC2(c3ccc(O)cc3Oc3cc(O)ccc32)c2ccccc21.[KH].[KH]. The van der Waals surface area contributed by atoms with E-state index in [0.717, 1.165) is 0 Å². The zero-order valence-corrected chi connectivity index (χ0v) is 12.9. The number of carbonyl (C=O) groups is 1. The molecule has 3 aromatic rings. The molecule has 5 nitrogen and oxygen atoms in total.